The second-order valence-corrected chi connectivity index (χ2v) is 8.47. The fourth-order valence-corrected chi connectivity index (χ4v) is 4.41. The van der Waals surface area contributed by atoms with Crippen LogP contribution in [0.25, 0.3) is 0 Å². The van der Waals surface area contributed by atoms with E-state index in [4.69, 9.17) is 28.9 Å². The van der Waals surface area contributed by atoms with E-state index >= 15 is 0 Å². The van der Waals surface area contributed by atoms with Crippen molar-refractivity contribution in [2.75, 3.05) is 12.4 Å². The van der Waals surface area contributed by atoms with Gasteiger partial charge in [-0.15, -0.1) is 11.8 Å². The van der Waals surface area contributed by atoms with Gasteiger partial charge < -0.3 is 23.7 Å². The van der Waals surface area contributed by atoms with Gasteiger partial charge in [0.2, 0.25) is 0 Å². The molecule has 0 aromatic rings. The van der Waals surface area contributed by atoms with E-state index in [-0.39, 0.29) is 6.61 Å². The third-order valence-corrected chi connectivity index (χ3v) is 5.65. The summed E-state index contributed by atoms with van der Waals surface area (Å²) in [6, 6.07) is 2.11. The molecule has 1 saturated heterocycles. The minimum absolute atomic E-state index is 0.233. The molecule has 1 aliphatic rings. The fraction of sp³-hybridized carbons (Fsp3) is 0.762. The van der Waals surface area contributed by atoms with Gasteiger partial charge in [-0.25, -0.2) is 0 Å². The average molecular weight is 474 g/mol. The molecule has 0 aromatic carbocycles. The molecule has 0 radical (unpaired) electrons. The standard InChI is InChI=1S/C21H31NO9S/c1-13(23)27-12-17-18(28-14(2)24)19(29-15(3)25)20(30-16(4)26)21(31-17)32-11-9-7-5-6-8-10-22/h17-21H,5-9,11-12H2,1-4H3/t17-,18-,19+,20+,21-/m1/s1. The minimum Gasteiger partial charge on any atom is -0.463 e. The van der Waals surface area contributed by atoms with Crippen LogP contribution in [-0.4, -0.2) is 66.1 Å². The van der Waals surface area contributed by atoms with Crippen LogP contribution >= 0.6 is 11.8 Å². The third-order valence-electron chi connectivity index (χ3n) is 4.41. The van der Waals surface area contributed by atoms with Gasteiger partial charge in [-0.1, -0.05) is 12.8 Å². The SMILES string of the molecule is CC(=O)OC[C@H]1O[C@H](SCCCCCCC#N)[C@@H](OC(C)=O)[C@@H](OC(C)=O)[C@@H]1OC(C)=O. The van der Waals surface area contributed by atoms with E-state index in [1.807, 2.05) is 0 Å². The van der Waals surface area contributed by atoms with E-state index in [9.17, 15) is 19.2 Å². The first-order valence-electron chi connectivity index (χ1n) is 10.4. The number of nitriles is 1. The maximum absolute atomic E-state index is 11.8. The van der Waals surface area contributed by atoms with Crippen LogP contribution in [-0.2, 0) is 42.9 Å². The second-order valence-electron chi connectivity index (χ2n) is 7.26. The van der Waals surface area contributed by atoms with Gasteiger partial charge >= 0.3 is 23.9 Å². The molecule has 0 amide bonds. The Morgan fingerprint density at radius 3 is 1.94 bits per heavy atom. The number of nitrogens with zero attached hydrogens (tertiary/aromatic N) is 1. The number of esters is 4. The van der Waals surface area contributed by atoms with Gasteiger partial charge in [0, 0.05) is 34.1 Å². The van der Waals surface area contributed by atoms with Crippen LogP contribution in [0.3, 0.4) is 0 Å². The molecule has 1 fully saturated rings. The summed E-state index contributed by atoms with van der Waals surface area (Å²) in [5, 5.41) is 8.60. The first-order valence-corrected chi connectivity index (χ1v) is 11.5. The largest absolute Gasteiger partial charge is 0.463 e. The second kappa shape index (κ2) is 14.7. The van der Waals surface area contributed by atoms with Crippen molar-refractivity contribution in [2.45, 2.75) is 89.7 Å². The molecule has 0 aliphatic carbocycles. The van der Waals surface area contributed by atoms with Crippen molar-refractivity contribution in [3.63, 3.8) is 0 Å². The molecule has 0 unspecified atom stereocenters. The van der Waals surface area contributed by atoms with Crippen molar-refractivity contribution in [1.82, 2.24) is 0 Å². The normalized spacial score (nSPS) is 24.7. The van der Waals surface area contributed by atoms with E-state index in [0.717, 1.165) is 25.7 Å². The number of carbonyl (C=O) groups is 4. The van der Waals surface area contributed by atoms with Crippen LogP contribution in [0.1, 0.15) is 59.8 Å². The highest BCUT2D eigenvalue weighted by Gasteiger charge is 2.52. The van der Waals surface area contributed by atoms with Crippen molar-refractivity contribution in [3.05, 3.63) is 0 Å². The topological polar surface area (TPSA) is 138 Å². The summed E-state index contributed by atoms with van der Waals surface area (Å²) in [7, 11) is 0. The lowest BCUT2D eigenvalue weighted by atomic mass is 9.99. The van der Waals surface area contributed by atoms with Crippen molar-refractivity contribution >= 4 is 35.6 Å². The first kappa shape index (κ1) is 27.7. The molecule has 1 rings (SSSR count). The highest BCUT2D eigenvalue weighted by atomic mass is 32.2. The molecular formula is C21H31NO9S. The Balaban J connectivity index is 3.03. The summed E-state index contributed by atoms with van der Waals surface area (Å²) in [4.78, 5) is 46.6. The lowest BCUT2D eigenvalue weighted by Crippen LogP contribution is -2.61. The zero-order chi connectivity index (χ0) is 24.1. The van der Waals surface area contributed by atoms with Crippen LogP contribution < -0.4 is 0 Å². The molecule has 5 atom stereocenters. The molecule has 11 heteroatoms. The highest BCUT2D eigenvalue weighted by Crippen LogP contribution is 2.34. The molecular weight excluding hydrogens is 442 g/mol. The van der Waals surface area contributed by atoms with Crippen molar-refractivity contribution in [1.29, 1.82) is 5.26 Å². The van der Waals surface area contributed by atoms with Crippen molar-refractivity contribution in [2.24, 2.45) is 0 Å². The molecule has 0 spiro atoms. The number of hydrogen-bond donors (Lipinski definition) is 0. The predicted molar refractivity (Wildman–Crippen MR) is 113 cm³/mol. The Morgan fingerprint density at radius 1 is 0.812 bits per heavy atom. The number of hydrogen-bond acceptors (Lipinski definition) is 11. The van der Waals surface area contributed by atoms with Gasteiger partial charge in [0.25, 0.3) is 0 Å². The Bertz CT molecular complexity index is 693. The number of thioether (sulfide) groups is 1. The zero-order valence-electron chi connectivity index (χ0n) is 18.9. The Hall–Kier alpha value is -2.32. The van der Waals surface area contributed by atoms with Crippen LogP contribution in [0, 0.1) is 11.3 Å². The summed E-state index contributed by atoms with van der Waals surface area (Å²) in [5.41, 5.74) is -0.741. The smallest absolute Gasteiger partial charge is 0.303 e. The van der Waals surface area contributed by atoms with Crippen LogP contribution in [0.4, 0.5) is 0 Å². The predicted octanol–water partition coefficient (Wildman–Crippen LogP) is 2.28. The lowest BCUT2D eigenvalue weighted by molar-refractivity contribution is -0.237. The molecule has 0 N–H and O–H groups in total. The molecule has 0 aromatic heterocycles. The monoisotopic (exact) mass is 473 g/mol. The first-order chi connectivity index (χ1) is 15.1. The molecule has 32 heavy (non-hydrogen) atoms. The molecule has 1 aliphatic heterocycles. The minimum atomic E-state index is -1.14. The Kier molecular flexibility index (Phi) is 12.7. The zero-order valence-corrected chi connectivity index (χ0v) is 19.7. The van der Waals surface area contributed by atoms with Gasteiger partial charge in [-0.2, -0.15) is 5.26 Å². The summed E-state index contributed by atoms with van der Waals surface area (Å²) >= 11 is 1.36. The van der Waals surface area contributed by atoms with Gasteiger partial charge in [0.1, 0.15) is 18.1 Å². The Morgan fingerprint density at radius 2 is 1.38 bits per heavy atom. The molecule has 10 nitrogen and oxygen atoms in total. The van der Waals surface area contributed by atoms with Gasteiger partial charge in [-0.3, -0.25) is 19.2 Å². The van der Waals surface area contributed by atoms with Gasteiger partial charge in [-0.05, 0) is 18.6 Å². The van der Waals surface area contributed by atoms with E-state index < -0.39 is 53.7 Å². The van der Waals surface area contributed by atoms with Crippen LogP contribution in [0.15, 0.2) is 0 Å². The average Bonchev–Trinajstić information content (AvgIpc) is 2.68. The number of carbonyl (C=O) groups excluding carboxylic acids is 4. The fourth-order valence-electron chi connectivity index (χ4n) is 3.18. The number of ether oxygens (including phenoxy) is 5. The van der Waals surface area contributed by atoms with Crippen LogP contribution in [0.5, 0.6) is 0 Å². The van der Waals surface area contributed by atoms with Crippen molar-refractivity contribution < 1.29 is 42.9 Å². The van der Waals surface area contributed by atoms with Gasteiger partial charge in [0.15, 0.2) is 18.3 Å². The van der Waals surface area contributed by atoms with E-state index in [1.165, 1.54) is 39.5 Å². The van der Waals surface area contributed by atoms with E-state index in [1.54, 1.807) is 0 Å². The van der Waals surface area contributed by atoms with Crippen LogP contribution in [0.2, 0.25) is 0 Å². The maximum Gasteiger partial charge on any atom is 0.303 e. The molecule has 0 bridgehead atoms. The molecule has 180 valence electrons. The summed E-state index contributed by atoms with van der Waals surface area (Å²) in [6.45, 7) is 4.58. The number of rotatable bonds is 12. The third kappa shape index (κ3) is 10.3. The summed E-state index contributed by atoms with van der Waals surface area (Å²) in [6.07, 6.45) is -0.196. The van der Waals surface area contributed by atoms with Crippen molar-refractivity contribution in [3.8, 4) is 6.07 Å². The maximum atomic E-state index is 11.8. The number of unbranched alkanes of at least 4 members (excludes halogenated alkanes) is 4. The highest BCUT2D eigenvalue weighted by molar-refractivity contribution is 7.99. The van der Waals surface area contributed by atoms with E-state index in [2.05, 4.69) is 6.07 Å². The summed E-state index contributed by atoms with van der Waals surface area (Å²) < 4.78 is 27.2. The molecule has 1 heterocycles. The molecule has 0 saturated carbocycles. The van der Waals surface area contributed by atoms with E-state index in [0.29, 0.717) is 12.2 Å². The Labute approximate surface area is 192 Å². The summed E-state index contributed by atoms with van der Waals surface area (Å²) in [5.74, 6) is -1.83. The quantitative estimate of drug-likeness (QED) is 0.234. The lowest BCUT2D eigenvalue weighted by Gasteiger charge is -2.44. The van der Waals surface area contributed by atoms with Gasteiger partial charge in [0.05, 0.1) is 6.07 Å².